The smallest absolute Gasteiger partial charge is 0.120 e. The molecule has 0 aliphatic heterocycles. The van der Waals surface area contributed by atoms with E-state index < -0.39 is 0 Å². The molecule has 0 amide bonds. The lowest BCUT2D eigenvalue weighted by Crippen LogP contribution is -2.06. The molecule has 1 aromatic carbocycles. The highest BCUT2D eigenvalue weighted by atomic mass is 15.0. The molecule has 1 unspecified atom stereocenters. The van der Waals surface area contributed by atoms with Gasteiger partial charge in [0.15, 0.2) is 0 Å². The molecular weight excluding hydrogens is 222 g/mol. The summed E-state index contributed by atoms with van der Waals surface area (Å²) in [5.41, 5.74) is 3.67. The van der Waals surface area contributed by atoms with Gasteiger partial charge in [-0.15, -0.1) is 0 Å². The minimum atomic E-state index is 0.626. The molecule has 2 aromatic rings. The number of rotatable bonds is 5. The van der Waals surface area contributed by atoms with Crippen LogP contribution in [0.3, 0.4) is 0 Å². The number of nitrogens with zero attached hydrogens (tertiary/aromatic N) is 1. The Morgan fingerprint density at radius 1 is 1.28 bits per heavy atom. The van der Waals surface area contributed by atoms with Gasteiger partial charge in [-0.05, 0) is 30.5 Å². The Balaban J connectivity index is 2.17. The molecular formula is C15H21N3. The maximum absolute atomic E-state index is 4.34. The van der Waals surface area contributed by atoms with E-state index in [0.29, 0.717) is 5.92 Å². The Labute approximate surface area is 109 Å². The van der Waals surface area contributed by atoms with E-state index in [9.17, 15) is 0 Å². The molecule has 0 aliphatic carbocycles. The summed E-state index contributed by atoms with van der Waals surface area (Å²) < 4.78 is 0. The Kier molecular flexibility index (Phi) is 4.15. The lowest BCUT2D eigenvalue weighted by atomic mass is 9.97. The van der Waals surface area contributed by atoms with Gasteiger partial charge in [-0.3, -0.25) is 0 Å². The molecule has 0 fully saturated rings. The molecule has 2 N–H and O–H groups in total. The SMILES string of the molecule is CCC(C)c1ccc(-c2cnc(CNC)[nH]2)cc1. The molecule has 1 aromatic heterocycles. The van der Waals surface area contributed by atoms with Crippen LogP contribution in [-0.2, 0) is 6.54 Å². The van der Waals surface area contributed by atoms with E-state index in [-0.39, 0.29) is 0 Å². The number of aromatic amines is 1. The Morgan fingerprint density at radius 3 is 2.61 bits per heavy atom. The van der Waals surface area contributed by atoms with Crippen molar-refractivity contribution in [3.8, 4) is 11.3 Å². The van der Waals surface area contributed by atoms with Crippen LogP contribution < -0.4 is 5.32 Å². The molecule has 96 valence electrons. The highest BCUT2D eigenvalue weighted by molar-refractivity contribution is 5.58. The van der Waals surface area contributed by atoms with Crippen LogP contribution in [0.4, 0.5) is 0 Å². The maximum atomic E-state index is 4.34. The largest absolute Gasteiger partial charge is 0.341 e. The number of hydrogen-bond acceptors (Lipinski definition) is 2. The second kappa shape index (κ2) is 5.83. The average molecular weight is 243 g/mol. The standard InChI is InChI=1S/C15H21N3/c1-4-11(2)12-5-7-13(8-6-12)14-9-17-15(18-14)10-16-3/h5-9,11,16H,4,10H2,1-3H3,(H,17,18). The van der Waals surface area contributed by atoms with Crippen LogP contribution in [0.25, 0.3) is 11.3 Å². The van der Waals surface area contributed by atoms with Gasteiger partial charge in [0.05, 0.1) is 18.4 Å². The molecule has 0 saturated heterocycles. The first kappa shape index (κ1) is 12.8. The van der Waals surface area contributed by atoms with Crippen molar-refractivity contribution >= 4 is 0 Å². The molecule has 3 heteroatoms. The first-order valence-corrected chi connectivity index (χ1v) is 6.53. The van der Waals surface area contributed by atoms with Crippen molar-refractivity contribution < 1.29 is 0 Å². The average Bonchev–Trinajstić information content (AvgIpc) is 2.87. The predicted molar refractivity (Wildman–Crippen MR) is 75.5 cm³/mol. The second-order valence-electron chi connectivity index (χ2n) is 4.71. The highest BCUT2D eigenvalue weighted by Gasteiger charge is 2.05. The molecule has 0 aliphatic rings. The number of nitrogens with one attached hydrogen (secondary N) is 2. The van der Waals surface area contributed by atoms with E-state index >= 15 is 0 Å². The van der Waals surface area contributed by atoms with Gasteiger partial charge in [0.2, 0.25) is 0 Å². The van der Waals surface area contributed by atoms with Crippen molar-refractivity contribution in [3.05, 3.63) is 41.9 Å². The third-order valence-electron chi connectivity index (χ3n) is 3.38. The summed E-state index contributed by atoms with van der Waals surface area (Å²) >= 11 is 0. The van der Waals surface area contributed by atoms with Crippen LogP contribution in [0.2, 0.25) is 0 Å². The van der Waals surface area contributed by atoms with Crippen LogP contribution in [0.15, 0.2) is 30.5 Å². The number of imidazole rings is 1. The molecule has 18 heavy (non-hydrogen) atoms. The van der Waals surface area contributed by atoms with Gasteiger partial charge in [0.1, 0.15) is 5.82 Å². The highest BCUT2D eigenvalue weighted by Crippen LogP contribution is 2.23. The summed E-state index contributed by atoms with van der Waals surface area (Å²) in [6.45, 7) is 5.25. The number of benzene rings is 1. The third-order valence-corrected chi connectivity index (χ3v) is 3.38. The molecule has 0 saturated carbocycles. The number of H-pyrrole nitrogens is 1. The van der Waals surface area contributed by atoms with E-state index in [2.05, 4.69) is 53.4 Å². The Morgan fingerprint density at radius 2 is 2.00 bits per heavy atom. The van der Waals surface area contributed by atoms with Gasteiger partial charge < -0.3 is 10.3 Å². The second-order valence-corrected chi connectivity index (χ2v) is 4.71. The van der Waals surface area contributed by atoms with Crippen molar-refractivity contribution in [2.75, 3.05) is 7.05 Å². The van der Waals surface area contributed by atoms with E-state index in [1.807, 2.05) is 13.2 Å². The summed E-state index contributed by atoms with van der Waals surface area (Å²) in [6.07, 6.45) is 3.07. The fraction of sp³-hybridized carbons (Fsp3) is 0.400. The van der Waals surface area contributed by atoms with Crippen molar-refractivity contribution in [2.24, 2.45) is 0 Å². The summed E-state index contributed by atoms with van der Waals surface area (Å²) in [5.74, 6) is 1.60. The van der Waals surface area contributed by atoms with E-state index in [1.165, 1.54) is 17.5 Å². The first-order valence-electron chi connectivity index (χ1n) is 6.53. The van der Waals surface area contributed by atoms with Gasteiger partial charge in [-0.25, -0.2) is 4.98 Å². The summed E-state index contributed by atoms with van der Waals surface area (Å²) in [6, 6.07) is 8.75. The van der Waals surface area contributed by atoms with Gasteiger partial charge in [0.25, 0.3) is 0 Å². The van der Waals surface area contributed by atoms with Gasteiger partial charge >= 0.3 is 0 Å². The topological polar surface area (TPSA) is 40.7 Å². The van der Waals surface area contributed by atoms with Crippen LogP contribution in [0.5, 0.6) is 0 Å². The minimum Gasteiger partial charge on any atom is -0.341 e. The van der Waals surface area contributed by atoms with E-state index in [1.54, 1.807) is 0 Å². The Hall–Kier alpha value is -1.61. The van der Waals surface area contributed by atoms with Crippen LogP contribution in [0, 0.1) is 0 Å². The van der Waals surface area contributed by atoms with Gasteiger partial charge in [0, 0.05) is 0 Å². The monoisotopic (exact) mass is 243 g/mol. The minimum absolute atomic E-state index is 0.626. The number of hydrogen-bond donors (Lipinski definition) is 2. The zero-order chi connectivity index (χ0) is 13.0. The molecule has 3 nitrogen and oxygen atoms in total. The van der Waals surface area contributed by atoms with Gasteiger partial charge in [-0.2, -0.15) is 0 Å². The quantitative estimate of drug-likeness (QED) is 0.846. The lowest BCUT2D eigenvalue weighted by Gasteiger charge is -2.09. The molecule has 2 rings (SSSR count). The zero-order valence-electron chi connectivity index (χ0n) is 11.3. The predicted octanol–water partition coefficient (Wildman–Crippen LogP) is 3.31. The zero-order valence-corrected chi connectivity index (χ0v) is 11.3. The maximum Gasteiger partial charge on any atom is 0.120 e. The Bertz CT molecular complexity index is 485. The fourth-order valence-corrected chi connectivity index (χ4v) is 1.99. The van der Waals surface area contributed by atoms with Crippen molar-refractivity contribution in [2.45, 2.75) is 32.7 Å². The molecule has 0 spiro atoms. The number of aromatic nitrogens is 2. The summed E-state index contributed by atoms with van der Waals surface area (Å²) in [4.78, 5) is 7.66. The van der Waals surface area contributed by atoms with Crippen LogP contribution in [0.1, 0.15) is 37.6 Å². The van der Waals surface area contributed by atoms with Crippen molar-refractivity contribution in [1.82, 2.24) is 15.3 Å². The first-order chi connectivity index (χ1) is 8.74. The van der Waals surface area contributed by atoms with E-state index in [0.717, 1.165) is 18.1 Å². The molecule has 1 heterocycles. The van der Waals surface area contributed by atoms with E-state index in [4.69, 9.17) is 0 Å². The molecule has 0 bridgehead atoms. The van der Waals surface area contributed by atoms with Crippen molar-refractivity contribution in [1.29, 1.82) is 0 Å². The van der Waals surface area contributed by atoms with Crippen LogP contribution >= 0.6 is 0 Å². The summed E-state index contributed by atoms with van der Waals surface area (Å²) in [7, 11) is 1.92. The normalized spacial score (nSPS) is 12.6. The van der Waals surface area contributed by atoms with Crippen LogP contribution in [-0.4, -0.2) is 17.0 Å². The molecule has 1 atom stereocenters. The lowest BCUT2D eigenvalue weighted by molar-refractivity contribution is 0.734. The van der Waals surface area contributed by atoms with Gasteiger partial charge in [-0.1, -0.05) is 38.1 Å². The third kappa shape index (κ3) is 2.79. The fourth-order valence-electron chi connectivity index (χ4n) is 1.99. The van der Waals surface area contributed by atoms with Crippen molar-refractivity contribution in [3.63, 3.8) is 0 Å². The molecule has 0 radical (unpaired) electrons. The summed E-state index contributed by atoms with van der Waals surface area (Å²) in [5, 5.41) is 3.09.